The molecule has 1 amide bonds. The Morgan fingerprint density at radius 3 is 3.07 bits per heavy atom. The van der Waals surface area contributed by atoms with E-state index in [1.165, 1.54) is 11.3 Å². The molecule has 1 aliphatic rings. The second kappa shape index (κ2) is 9.61. The topological polar surface area (TPSA) is 63.1 Å². The van der Waals surface area contributed by atoms with Gasteiger partial charge in [0, 0.05) is 36.3 Å². The maximum absolute atomic E-state index is 13.0. The summed E-state index contributed by atoms with van der Waals surface area (Å²) >= 11 is 1.47. The number of carbonyl (C=O) groups is 1. The molecule has 7 heteroatoms. The Bertz CT molecular complexity index is 873. The third kappa shape index (κ3) is 4.48. The standard InChI is InChI=1S/C21H27N5OS/c1-4-7-8-17(6-3)26-14-16(12-23-26)20-24-19(15-28-20)21(27)25(11-5-2)18-9-10-22-13-18/h4,6-8,12,14-15,18,22H,3,5,9-11,13H2,1-2H3/b7-4-,17-8+/t18-/m0/s1. The minimum absolute atomic E-state index is 0.0187. The van der Waals surface area contributed by atoms with Gasteiger partial charge in [0.1, 0.15) is 10.7 Å². The molecule has 0 aromatic carbocycles. The molecule has 0 spiro atoms. The molecule has 0 aliphatic carbocycles. The SMILES string of the molecule is C=C/C(=C\C=C/C)n1cc(-c2nc(C(=O)N(CCC)[C@H]3CCNC3)cs2)cn1. The van der Waals surface area contributed by atoms with E-state index in [0.717, 1.165) is 48.7 Å². The predicted octanol–water partition coefficient (Wildman–Crippen LogP) is 3.82. The van der Waals surface area contributed by atoms with Crippen molar-refractivity contribution in [2.45, 2.75) is 32.7 Å². The van der Waals surface area contributed by atoms with Crippen LogP contribution in [0.15, 0.2) is 48.7 Å². The van der Waals surface area contributed by atoms with E-state index in [1.807, 2.05) is 41.6 Å². The van der Waals surface area contributed by atoms with Crippen LogP contribution in [0, 0.1) is 0 Å². The van der Waals surface area contributed by atoms with Gasteiger partial charge in [-0.2, -0.15) is 5.10 Å². The van der Waals surface area contributed by atoms with Gasteiger partial charge in [-0.25, -0.2) is 9.67 Å². The Hall–Kier alpha value is -2.51. The molecule has 0 radical (unpaired) electrons. The van der Waals surface area contributed by atoms with Crippen LogP contribution in [0.1, 0.15) is 37.2 Å². The van der Waals surface area contributed by atoms with E-state index in [-0.39, 0.29) is 11.9 Å². The van der Waals surface area contributed by atoms with Crippen LogP contribution >= 0.6 is 11.3 Å². The zero-order valence-corrected chi connectivity index (χ0v) is 17.3. The fourth-order valence-corrected chi connectivity index (χ4v) is 4.02. The van der Waals surface area contributed by atoms with Gasteiger partial charge >= 0.3 is 0 Å². The van der Waals surface area contributed by atoms with Gasteiger partial charge in [0.25, 0.3) is 5.91 Å². The monoisotopic (exact) mass is 397 g/mol. The van der Waals surface area contributed by atoms with E-state index in [0.29, 0.717) is 5.69 Å². The predicted molar refractivity (Wildman–Crippen MR) is 115 cm³/mol. The number of rotatable bonds is 8. The second-order valence-corrected chi connectivity index (χ2v) is 7.54. The van der Waals surface area contributed by atoms with Crippen molar-refractivity contribution < 1.29 is 4.79 Å². The summed E-state index contributed by atoms with van der Waals surface area (Å²) in [6.07, 6.45) is 13.2. The normalized spacial score (nSPS) is 17.4. The molecule has 0 bridgehead atoms. The summed E-state index contributed by atoms with van der Waals surface area (Å²) in [5.41, 5.74) is 2.28. The van der Waals surface area contributed by atoms with Crippen molar-refractivity contribution in [1.29, 1.82) is 0 Å². The van der Waals surface area contributed by atoms with Gasteiger partial charge in [-0.15, -0.1) is 11.3 Å². The van der Waals surface area contributed by atoms with Gasteiger partial charge in [-0.05, 0) is 38.5 Å². The minimum Gasteiger partial charge on any atom is -0.333 e. The Morgan fingerprint density at radius 2 is 2.39 bits per heavy atom. The van der Waals surface area contributed by atoms with Crippen molar-refractivity contribution >= 4 is 22.9 Å². The van der Waals surface area contributed by atoms with Gasteiger partial charge in [0.05, 0.1) is 11.9 Å². The average molecular weight is 398 g/mol. The molecule has 28 heavy (non-hydrogen) atoms. The Labute approximate surface area is 170 Å². The Morgan fingerprint density at radius 1 is 1.54 bits per heavy atom. The molecular formula is C21H27N5OS. The van der Waals surface area contributed by atoms with Crippen LogP contribution in [0.4, 0.5) is 0 Å². The lowest BCUT2D eigenvalue weighted by Gasteiger charge is -2.27. The molecule has 1 saturated heterocycles. The number of hydrogen-bond acceptors (Lipinski definition) is 5. The number of allylic oxidation sites excluding steroid dienone is 5. The number of thiazole rings is 1. The molecule has 148 valence electrons. The van der Waals surface area contributed by atoms with E-state index in [2.05, 4.69) is 28.9 Å². The third-order valence-electron chi connectivity index (χ3n) is 4.69. The van der Waals surface area contributed by atoms with Crippen molar-refractivity contribution in [3.05, 3.63) is 54.4 Å². The lowest BCUT2D eigenvalue weighted by Crippen LogP contribution is -2.42. The summed E-state index contributed by atoms with van der Waals surface area (Å²) < 4.78 is 1.76. The Balaban J connectivity index is 1.80. The van der Waals surface area contributed by atoms with E-state index in [9.17, 15) is 4.79 Å². The highest BCUT2D eigenvalue weighted by Crippen LogP contribution is 2.25. The molecule has 1 atom stereocenters. The molecule has 3 heterocycles. The van der Waals surface area contributed by atoms with Gasteiger partial charge < -0.3 is 10.2 Å². The first-order chi connectivity index (χ1) is 13.7. The highest BCUT2D eigenvalue weighted by molar-refractivity contribution is 7.13. The van der Waals surface area contributed by atoms with E-state index in [1.54, 1.807) is 17.0 Å². The molecule has 1 fully saturated rings. The van der Waals surface area contributed by atoms with Crippen LogP contribution in [0.25, 0.3) is 16.3 Å². The van der Waals surface area contributed by atoms with Crippen LogP contribution in [-0.2, 0) is 0 Å². The van der Waals surface area contributed by atoms with E-state index >= 15 is 0 Å². The lowest BCUT2D eigenvalue weighted by atomic mass is 10.2. The highest BCUT2D eigenvalue weighted by atomic mass is 32.1. The molecule has 1 N–H and O–H groups in total. The minimum atomic E-state index is 0.0187. The van der Waals surface area contributed by atoms with Crippen molar-refractivity contribution in [3.63, 3.8) is 0 Å². The summed E-state index contributed by atoms with van der Waals surface area (Å²) in [6.45, 7) is 10.5. The smallest absolute Gasteiger partial charge is 0.273 e. The summed E-state index contributed by atoms with van der Waals surface area (Å²) in [5.74, 6) is 0.0187. The lowest BCUT2D eigenvalue weighted by molar-refractivity contribution is 0.0687. The van der Waals surface area contributed by atoms with E-state index < -0.39 is 0 Å². The molecule has 6 nitrogen and oxygen atoms in total. The summed E-state index contributed by atoms with van der Waals surface area (Å²) in [5, 5.41) is 10.4. The zero-order chi connectivity index (χ0) is 19.9. The van der Waals surface area contributed by atoms with Crippen LogP contribution in [0.3, 0.4) is 0 Å². The molecule has 3 rings (SSSR count). The molecule has 1 aliphatic heterocycles. The third-order valence-corrected chi connectivity index (χ3v) is 5.58. The highest BCUT2D eigenvalue weighted by Gasteiger charge is 2.28. The number of aromatic nitrogens is 3. The van der Waals surface area contributed by atoms with E-state index in [4.69, 9.17) is 0 Å². The maximum Gasteiger partial charge on any atom is 0.273 e. The Kier molecular flexibility index (Phi) is 6.95. The number of carbonyl (C=O) groups excluding carboxylic acids is 1. The molecular weight excluding hydrogens is 370 g/mol. The number of amides is 1. The van der Waals surface area contributed by atoms with Gasteiger partial charge in [0.2, 0.25) is 0 Å². The van der Waals surface area contributed by atoms with Gasteiger partial charge in [0.15, 0.2) is 0 Å². The fourth-order valence-electron chi connectivity index (χ4n) is 3.26. The number of hydrogen-bond donors (Lipinski definition) is 1. The molecule has 0 saturated carbocycles. The van der Waals surface area contributed by atoms with Crippen molar-refractivity contribution in [3.8, 4) is 10.6 Å². The fraction of sp³-hybridized carbons (Fsp3) is 0.381. The first-order valence-electron chi connectivity index (χ1n) is 9.66. The van der Waals surface area contributed by atoms with Crippen LogP contribution in [-0.4, -0.2) is 51.2 Å². The first kappa shape index (κ1) is 20.2. The van der Waals surface area contributed by atoms with Crippen molar-refractivity contribution in [1.82, 2.24) is 25.0 Å². The largest absolute Gasteiger partial charge is 0.333 e. The molecule has 2 aromatic heterocycles. The van der Waals surface area contributed by atoms with Crippen molar-refractivity contribution in [2.75, 3.05) is 19.6 Å². The van der Waals surface area contributed by atoms with Crippen LogP contribution in [0.2, 0.25) is 0 Å². The summed E-state index contributed by atoms with van der Waals surface area (Å²) in [4.78, 5) is 19.6. The molecule has 2 aromatic rings. The average Bonchev–Trinajstić information content (AvgIpc) is 3.47. The van der Waals surface area contributed by atoms with Crippen LogP contribution in [0.5, 0.6) is 0 Å². The number of nitrogens with one attached hydrogen (secondary N) is 1. The second-order valence-electron chi connectivity index (χ2n) is 6.68. The van der Waals surface area contributed by atoms with Crippen LogP contribution < -0.4 is 5.32 Å². The maximum atomic E-state index is 13.0. The number of nitrogens with zero attached hydrogens (tertiary/aromatic N) is 4. The molecule has 0 unspecified atom stereocenters. The van der Waals surface area contributed by atoms with Gasteiger partial charge in [-0.1, -0.05) is 25.7 Å². The quantitative estimate of drug-likeness (QED) is 0.688. The zero-order valence-electron chi connectivity index (χ0n) is 16.5. The van der Waals surface area contributed by atoms with Crippen molar-refractivity contribution in [2.24, 2.45) is 0 Å². The summed E-state index contributed by atoms with van der Waals surface area (Å²) in [7, 11) is 0. The summed E-state index contributed by atoms with van der Waals surface area (Å²) in [6, 6.07) is 0.257. The van der Waals surface area contributed by atoms with Gasteiger partial charge in [-0.3, -0.25) is 4.79 Å². The first-order valence-corrected chi connectivity index (χ1v) is 10.5.